The Bertz CT molecular complexity index is 961. The lowest BCUT2D eigenvalue weighted by atomic mass is 10.2. The van der Waals surface area contributed by atoms with Crippen molar-refractivity contribution in [3.05, 3.63) is 36.5 Å². The molecule has 0 radical (unpaired) electrons. The van der Waals surface area contributed by atoms with E-state index in [9.17, 15) is 28.8 Å². The third-order valence-electron chi connectivity index (χ3n) is 5.33. The predicted octanol–water partition coefficient (Wildman–Crippen LogP) is 1.99. The van der Waals surface area contributed by atoms with E-state index >= 15 is 0 Å². The molecule has 0 heterocycles. The quantitative estimate of drug-likeness (QED) is 0.0703. The summed E-state index contributed by atoms with van der Waals surface area (Å²) < 4.78 is 30.9. The minimum atomic E-state index is -0.745. The van der Waals surface area contributed by atoms with Crippen molar-refractivity contribution in [1.29, 1.82) is 0 Å². The highest BCUT2D eigenvalue weighted by Crippen LogP contribution is 2.06. The fraction of sp³-hybridized carbons (Fsp3) is 0.600. The molecule has 3 atom stereocenters. The van der Waals surface area contributed by atoms with Crippen LogP contribution in [0.2, 0.25) is 0 Å². The Kier molecular flexibility index (Phi) is 20.6. The van der Waals surface area contributed by atoms with Crippen LogP contribution in [-0.4, -0.2) is 118 Å². The Morgan fingerprint density at radius 3 is 0.978 bits per heavy atom. The zero-order chi connectivity index (χ0) is 35.2. The van der Waals surface area contributed by atoms with Crippen molar-refractivity contribution in [1.82, 2.24) is 20.9 Å². The van der Waals surface area contributed by atoms with E-state index < -0.39 is 54.5 Å². The average Bonchev–Trinajstić information content (AvgIpc) is 2.94. The summed E-state index contributed by atoms with van der Waals surface area (Å²) in [6, 6.07) is 0. The maximum atomic E-state index is 12.2. The van der Waals surface area contributed by atoms with Gasteiger partial charge in [0.2, 0.25) is 0 Å². The van der Waals surface area contributed by atoms with Gasteiger partial charge in [0.1, 0.15) is 38.1 Å². The monoisotopic (exact) mass is 656 g/mol. The lowest BCUT2D eigenvalue weighted by Gasteiger charge is -2.30. The molecule has 0 bridgehead atoms. The fourth-order valence-electron chi connectivity index (χ4n) is 3.36. The summed E-state index contributed by atoms with van der Waals surface area (Å²) in [6.07, 6.45) is -4.22. The molecule has 0 aromatic heterocycles. The number of carbonyl (C=O) groups excluding carboxylic acids is 6. The van der Waals surface area contributed by atoms with Gasteiger partial charge in [-0.3, -0.25) is 4.90 Å². The number of esters is 3. The lowest BCUT2D eigenvalue weighted by molar-refractivity contribution is -0.139. The van der Waals surface area contributed by atoms with Gasteiger partial charge in [-0.25, -0.2) is 28.8 Å². The minimum Gasteiger partial charge on any atom is -0.460 e. The molecule has 46 heavy (non-hydrogen) atoms. The smallest absolute Gasteiger partial charge is 0.407 e. The highest BCUT2D eigenvalue weighted by molar-refractivity contribution is 5.87. The number of nitrogens with one attached hydrogen (secondary N) is 3. The summed E-state index contributed by atoms with van der Waals surface area (Å²) >= 11 is 0. The van der Waals surface area contributed by atoms with Crippen molar-refractivity contribution in [3.63, 3.8) is 0 Å². The Hall–Kier alpha value is -4.60. The van der Waals surface area contributed by atoms with Crippen molar-refractivity contribution in [2.75, 3.05) is 59.1 Å². The number of carbonyl (C=O) groups is 6. The summed E-state index contributed by atoms with van der Waals surface area (Å²) in [5, 5.41) is 7.43. The summed E-state index contributed by atoms with van der Waals surface area (Å²) in [5.74, 6) is -1.73. The topological polar surface area (TPSA) is 197 Å². The Morgan fingerprint density at radius 2 is 0.761 bits per heavy atom. The fourth-order valence-corrected chi connectivity index (χ4v) is 3.36. The standard InChI is InChI=1S/C30H48N4O12/c1-19(2)25(35)41-13-10-31-28(38)44-22(7)16-34(17-23(8)45-29(39)32-11-14-42-26(36)20(3)4)18-24(9)46-30(40)33-12-15-43-27(37)21(5)6/h22-24H,1,3,5,10-18H2,2,4,6-9H3,(H,31,38)(H,32,39)(H,33,40). The zero-order valence-corrected chi connectivity index (χ0v) is 27.6. The van der Waals surface area contributed by atoms with Crippen molar-refractivity contribution in [2.24, 2.45) is 0 Å². The van der Waals surface area contributed by atoms with Crippen LogP contribution >= 0.6 is 0 Å². The van der Waals surface area contributed by atoms with Gasteiger partial charge in [0.05, 0.1) is 19.6 Å². The first-order chi connectivity index (χ1) is 21.5. The summed E-state index contributed by atoms with van der Waals surface area (Å²) in [7, 11) is 0. The van der Waals surface area contributed by atoms with Crippen LogP contribution in [0.4, 0.5) is 14.4 Å². The van der Waals surface area contributed by atoms with Gasteiger partial charge in [-0.05, 0) is 41.5 Å². The van der Waals surface area contributed by atoms with E-state index in [1.54, 1.807) is 25.7 Å². The Morgan fingerprint density at radius 1 is 0.522 bits per heavy atom. The molecular weight excluding hydrogens is 608 g/mol. The molecule has 0 aromatic rings. The number of rotatable bonds is 21. The molecule has 260 valence electrons. The molecule has 16 heteroatoms. The van der Waals surface area contributed by atoms with Gasteiger partial charge in [-0.15, -0.1) is 0 Å². The van der Waals surface area contributed by atoms with E-state index in [1.807, 2.05) is 0 Å². The van der Waals surface area contributed by atoms with Crippen LogP contribution in [0.3, 0.4) is 0 Å². The van der Waals surface area contributed by atoms with E-state index in [0.717, 1.165) is 0 Å². The molecule has 0 rings (SSSR count). The first-order valence-corrected chi connectivity index (χ1v) is 14.5. The molecule has 3 amide bonds. The molecule has 0 saturated carbocycles. The van der Waals surface area contributed by atoms with Crippen LogP contribution in [0.1, 0.15) is 41.5 Å². The first-order valence-electron chi connectivity index (χ1n) is 14.5. The maximum Gasteiger partial charge on any atom is 0.407 e. The number of hydrogen-bond donors (Lipinski definition) is 3. The lowest BCUT2D eigenvalue weighted by Crippen LogP contribution is -2.45. The third kappa shape index (κ3) is 21.2. The molecule has 0 fully saturated rings. The van der Waals surface area contributed by atoms with Crippen molar-refractivity contribution in [2.45, 2.75) is 59.9 Å². The second-order valence-electron chi connectivity index (χ2n) is 10.4. The van der Waals surface area contributed by atoms with Gasteiger partial charge in [0, 0.05) is 36.4 Å². The van der Waals surface area contributed by atoms with Crippen LogP contribution in [0.5, 0.6) is 0 Å². The van der Waals surface area contributed by atoms with Gasteiger partial charge >= 0.3 is 36.2 Å². The van der Waals surface area contributed by atoms with Crippen LogP contribution in [-0.2, 0) is 42.8 Å². The molecule has 0 aliphatic rings. The molecule has 0 aliphatic heterocycles. The Labute approximate surface area is 269 Å². The van der Waals surface area contributed by atoms with E-state index in [2.05, 4.69) is 35.7 Å². The number of hydrogen-bond acceptors (Lipinski definition) is 13. The Balaban J connectivity index is 5.01. The van der Waals surface area contributed by atoms with Gasteiger partial charge in [-0.2, -0.15) is 0 Å². The predicted molar refractivity (Wildman–Crippen MR) is 166 cm³/mol. The highest BCUT2D eigenvalue weighted by atomic mass is 16.6. The largest absolute Gasteiger partial charge is 0.460 e. The van der Waals surface area contributed by atoms with E-state index in [1.165, 1.54) is 20.8 Å². The molecule has 0 saturated heterocycles. The molecule has 16 nitrogen and oxygen atoms in total. The van der Waals surface area contributed by atoms with Gasteiger partial charge in [0.25, 0.3) is 0 Å². The summed E-state index contributed by atoms with van der Waals surface area (Å²) in [4.78, 5) is 72.7. The second-order valence-corrected chi connectivity index (χ2v) is 10.4. The number of alkyl carbamates (subject to hydrolysis) is 3. The SMILES string of the molecule is C=C(C)C(=O)OCCNC(=O)OC(C)CN(CC(C)OC(=O)NCCOC(=O)C(=C)C)CC(C)OC(=O)NCCOC(=O)C(=C)C. The molecular formula is C30H48N4O12. The second kappa shape index (κ2) is 22.8. The van der Waals surface area contributed by atoms with Crippen molar-refractivity contribution in [3.8, 4) is 0 Å². The van der Waals surface area contributed by atoms with E-state index in [-0.39, 0.29) is 75.8 Å². The molecule has 0 aliphatic carbocycles. The number of amides is 3. The minimum absolute atomic E-state index is 0.0209. The molecule has 3 N–H and O–H groups in total. The van der Waals surface area contributed by atoms with Crippen LogP contribution in [0.25, 0.3) is 0 Å². The summed E-state index contributed by atoms with van der Waals surface area (Å²) in [6.45, 7) is 20.2. The van der Waals surface area contributed by atoms with Crippen LogP contribution in [0, 0.1) is 0 Å². The highest BCUT2D eigenvalue weighted by Gasteiger charge is 2.22. The number of nitrogens with zero attached hydrogens (tertiary/aromatic N) is 1. The maximum absolute atomic E-state index is 12.2. The number of ether oxygens (including phenoxy) is 6. The van der Waals surface area contributed by atoms with Gasteiger partial charge in [0.15, 0.2) is 0 Å². The normalized spacial score (nSPS) is 12.3. The van der Waals surface area contributed by atoms with Crippen LogP contribution in [0.15, 0.2) is 36.5 Å². The van der Waals surface area contributed by atoms with Crippen molar-refractivity contribution < 1.29 is 57.2 Å². The molecule has 3 unspecified atom stereocenters. The zero-order valence-electron chi connectivity index (χ0n) is 27.6. The van der Waals surface area contributed by atoms with Gasteiger partial charge < -0.3 is 44.4 Å². The molecule has 0 aromatic carbocycles. The van der Waals surface area contributed by atoms with E-state index in [4.69, 9.17) is 28.4 Å². The van der Waals surface area contributed by atoms with Gasteiger partial charge in [-0.1, -0.05) is 19.7 Å². The third-order valence-corrected chi connectivity index (χ3v) is 5.33. The first kappa shape index (κ1) is 41.4. The average molecular weight is 657 g/mol. The van der Waals surface area contributed by atoms with Crippen LogP contribution < -0.4 is 16.0 Å². The van der Waals surface area contributed by atoms with E-state index in [0.29, 0.717) is 0 Å². The molecule has 0 spiro atoms. The van der Waals surface area contributed by atoms with Crippen molar-refractivity contribution >= 4 is 36.2 Å². The summed E-state index contributed by atoms with van der Waals surface area (Å²) in [5.41, 5.74) is 0.697.